The molecule has 1 aliphatic carbocycles. The minimum atomic E-state index is 1.13. The van der Waals surface area contributed by atoms with Gasteiger partial charge in [0, 0.05) is 0 Å². The summed E-state index contributed by atoms with van der Waals surface area (Å²) < 4.78 is 0. The van der Waals surface area contributed by atoms with Crippen molar-refractivity contribution in [1.29, 1.82) is 0 Å². The van der Waals surface area contributed by atoms with Crippen LogP contribution in [0.15, 0.2) is 23.9 Å². The van der Waals surface area contributed by atoms with Crippen molar-refractivity contribution in [3.8, 4) is 0 Å². The van der Waals surface area contributed by atoms with Crippen LogP contribution in [-0.2, 0) is 0 Å². The zero-order valence-electron chi connectivity index (χ0n) is 7.69. The number of hydrogen-bond donors (Lipinski definition) is 1. The van der Waals surface area contributed by atoms with E-state index in [4.69, 9.17) is 5.73 Å². The summed E-state index contributed by atoms with van der Waals surface area (Å²) in [6.07, 6.45) is 6.44. The molecule has 0 radical (unpaired) electrons. The van der Waals surface area contributed by atoms with E-state index in [2.05, 4.69) is 20.4 Å². The Labute approximate surface area is 70.0 Å². The van der Waals surface area contributed by atoms with Gasteiger partial charge in [0.25, 0.3) is 0 Å². The SMILES string of the molecule is C=C1CCC/C1=C/N.CCC. The summed E-state index contributed by atoms with van der Waals surface area (Å²) in [5.41, 5.74) is 7.79. The summed E-state index contributed by atoms with van der Waals surface area (Å²) in [7, 11) is 0. The normalized spacial score (nSPS) is 19.8. The van der Waals surface area contributed by atoms with Crippen LogP contribution >= 0.6 is 0 Å². The molecule has 0 aliphatic heterocycles. The zero-order valence-corrected chi connectivity index (χ0v) is 7.69. The molecule has 0 atom stereocenters. The molecule has 0 aromatic rings. The third-order valence-electron chi connectivity index (χ3n) is 1.58. The Balaban J connectivity index is 0.000000292. The van der Waals surface area contributed by atoms with Gasteiger partial charge in [-0.3, -0.25) is 0 Å². The molecule has 0 spiro atoms. The average molecular weight is 153 g/mol. The molecular weight excluding hydrogens is 134 g/mol. The summed E-state index contributed by atoms with van der Waals surface area (Å²) in [5.74, 6) is 0. The lowest BCUT2D eigenvalue weighted by molar-refractivity contribution is 0.932. The standard InChI is InChI=1S/C7H11N.C3H8/c1-6-3-2-4-7(6)5-8;1-3-2/h5H,1-4,8H2;3H2,1-2H3/b7-5-;. The lowest BCUT2D eigenvalue weighted by Crippen LogP contribution is -1.83. The molecule has 1 aliphatic rings. The fraction of sp³-hybridized carbons (Fsp3) is 0.600. The van der Waals surface area contributed by atoms with Gasteiger partial charge in [0.1, 0.15) is 0 Å². The topological polar surface area (TPSA) is 26.0 Å². The van der Waals surface area contributed by atoms with Crippen molar-refractivity contribution in [2.45, 2.75) is 39.5 Å². The molecule has 1 nitrogen and oxygen atoms in total. The highest BCUT2D eigenvalue weighted by Gasteiger charge is 2.08. The Kier molecular flexibility index (Phi) is 5.63. The number of hydrogen-bond acceptors (Lipinski definition) is 1. The van der Waals surface area contributed by atoms with Gasteiger partial charge >= 0.3 is 0 Å². The second-order valence-corrected chi connectivity index (χ2v) is 2.86. The Morgan fingerprint density at radius 3 is 2.18 bits per heavy atom. The second kappa shape index (κ2) is 6.02. The van der Waals surface area contributed by atoms with Crippen LogP contribution in [0.2, 0.25) is 0 Å². The van der Waals surface area contributed by atoms with Crippen LogP contribution in [0.1, 0.15) is 39.5 Å². The first-order chi connectivity index (χ1) is 5.26. The second-order valence-electron chi connectivity index (χ2n) is 2.86. The lowest BCUT2D eigenvalue weighted by atomic mass is 10.2. The minimum absolute atomic E-state index is 1.13. The zero-order chi connectivity index (χ0) is 8.69. The van der Waals surface area contributed by atoms with Crippen molar-refractivity contribution in [3.63, 3.8) is 0 Å². The van der Waals surface area contributed by atoms with Gasteiger partial charge in [-0.1, -0.05) is 32.4 Å². The molecule has 1 heteroatoms. The highest BCUT2D eigenvalue weighted by molar-refractivity contribution is 5.31. The highest BCUT2D eigenvalue weighted by Crippen LogP contribution is 2.27. The number of rotatable bonds is 0. The first kappa shape index (κ1) is 10.3. The molecule has 1 saturated carbocycles. The van der Waals surface area contributed by atoms with E-state index < -0.39 is 0 Å². The van der Waals surface area contributed by atoms with E-state index in [1.165, 1.54) is 24.0 Å². The van der Waals surface area contributed by atoms with Crippen LogP contribution in [0.25, 0.3) is 0 Å². The first-order valence-electron chi connectivity index (χ1n) is 4.35. The van der Waals surface area contributed by atoms with Crippen LogP contribution in [0.3, 0.4) is 0 Å². The molecule has 11 heavy (non-hydrogen) atoms. The molecule has 0 unspecified atom stereocenters. The molecule has 0 amide bonds. The van der Waals surface area contributed by atoms with Gasteiger partial charge in [0.2, 0.25) is 0 Å². The van der Waals surface area contributed by atoms with Gasteiger partial charge in [-0.25, -0.2) is 0 Å². The summed E-state index contributed by atoms with van der Waals surface area (Å²) in [6.45, 7) is 8.11. The van der Waals surface area contributed by atoms with E-state index in [9.17, 15) is 0 Å². The monoisotopic (exact) mass is 153 g/mol. The fourth-order valence-corrected chi connectivity index (χ4v) is 1.03. The Bertz CT molecular complexity index is 145. The molecule has 2 N–H and O–H groups in total. The smallest absolute Gasteiger partial charge is 0.00271 e. The van der Waals surface area contributed by atoms with Crippen molar-refractivity contribution < 1.29 is 0 Å². The Hall–Kier alpha value is -0.720. The summed E-state index contributed by atoms with van der Waals surface area (Å²) in [6, 6.07) is 0. The molecule has 1 rings (SSSR count). The summed E-state index contributed by atoms with van der Waals surface area (Å²) in [4.78, 5) is 0. The van der Waals surface area contributed by atoms with Crippen molar-refractivity contribution in [3.05, 3.63) is 23.9 Å². The first-order valence-corrected chi connectivity index (χ1v) is 4.35. The van der Waals surface area contributed by atoms with E-state index >= 15 is 0 Å². The Morgan fingerprint density at radius 2 is 2.00 bits per heavy atom. The van der Waals surface area contributed by atoms with E-state index in [1.807, 2.05) is 0 Å². The Morgan fingerprint density at radius 1 is 1.45 bits per heavy atom. The lowest BCUT2D eigenvalue weighted by Gasteiger charge is -1.91. The van der Waals surface area contributed by atoms with Crippen LogP contribution in [0.4, 0.5) is 0 Å². The molecule has 64 valence electrons. The average Bonchev–Trinajstić information content (AvgIpc) is 2.36. The summed E-state index contributed by atoms with van der Waals surface area (Å²) in [5, 5.41) is 0. The summed E-state index contributed by atoms with van der Waals surface area (Å²) >= 11 is 0. The largest absolute Gasteiger partial charge is 0.404 e. The van der Waals surface area contributed by atoms with Crippen LogP contribution in [0.5, 0.6) is 0 Å². The van der Waals surface area contributed by atoms with Crippen LogP contribution in [-0.4, -0.2) is 0 Å². The van der Waals surface area contributed by atoms with Crippen molar-refractivity contribution in [2.24, 2.45) is 5.73 Å². The van der Waals surface area contributed by atoms with E-state index in [-0.39, 0.29) is 0 Å². The molecular formula is C10H19N. The number of allylic oxidation sites excluding steroid dienone is 2. The van der Waals surface area contributed by atoms with Gasteiger partial charge < -0.3 is 5.73 Å². The van der Waals surface area contributed by atoms with E-state index in [1.54, 1.807) is 6.20 Å². The molecule has 0 aromatic heterocycles. The van der Waals surface area contributed by atoms with E-state index in [0.717, 1.165) is 12.8 Å². The van der Waals surface area contributed by atoms with Gasteiger partial charge in [-0.15, -0.1) is 0 Å². The predicted molar refractivity (Wildman–Crippen MR) is 51.2 cm³/mol. The quantitative estimate of drug-likeness (QED) is 0.569. The van der Waals surface area contributed by atoms with Crippen molar-refractivity contribution in [1.82, 2.24) is 0 Å². The molecule has 0 bridgehead atoms. The molecule has 0 heterocycles. The van der Waals surface area contributed by atoms with Crippen LogP contribution in [0, 0.1) is 0 Å². The third-order valence-corrected chi connectivity index (χ3v) is 1.58. The van der Waals surface area contributed by atoms with Gasteiger partial charge in [0.15, 0.2) is 0 Å². The highest BCUT2D eigenvalue weighted by atomic mass is 14.5. The minimum Gasteiger partial charge on any atom is -0.404 e. The van der Waals surface area contributed by atoms with E-state index in [0.29, 0.717) is 0 Å². The number of nitrogens with two attached hydrogens (primary N) is 1. The predicted octanol–water partition coefficient (Wildman–Crippen LogP) is 2.99. The fourth-order valence-electron chi connectivity index (χ4n) is 1.03. The van der Waals surface area contributed by atoms with Crippen LogP contribution < -0.4 is 5.73 Å². The van der Waals surface area contributed by atoms with Gasteiger partial charge in [-0.05, 0) is 31.0 Å². The molecule has 1 fully saturated rings. The van der Waals surface area contributed by atoms with Crippen molar-refractivity contribution >= 4 is 0 Å². The van der Waals surface area contributed by atoms with Crippen molar-refractivity contribution in [2.75, 3.05) is 0 Å². The van der Waals surface area contributed by atoms with Gasteiger partial charge in [0.05, 0.1) is 0 Å². The maximum Gasteiger partial charge on any atom is -0.00271 e. The molecule has 0 aromatic carbocycles. The third kappa shape index (κ3) is 3.87. The maximum absolute atomic E-state index is 5.30. The molecule has 0 saturated heterocycles. The maximum atomic E-state index is 5.30. The van der Waals surface area contributed by atoms with Gasteiger partial charge in [-0.2, -0.15) is 0 Å².